The van der Waals surface area contributed by atoms with Crippen LogP contribution in [0.1, 0.15) is 30.2 Å². The molecule has 0 unspecified atom stereocenters. The maximum absolute atomic E-state index is 5.93. The largest absolute Gasteiger partial charge is 0.420 e. The molecule has 4 rings (SSSR count). The van der Waals surface area contributed by atoms with Crippen molar-refractivity contribution in [1.29, 1.82) is 0 Å². The van der Waals surface area contributed by atoms with Crippen molar-refractivity contribution in [3.63, 3.8) is 0 Å². The second-order valence-electron chi connectivity index (χ2n) is 6.24. The normalized spacial score (nSPS) is 18.6. The smallest absolute Gasteiger partial charge is 0.247 e. The third-order valence-corrected chi connectivity index (χ3v) is 4.47. The van der Waals surface area contributed by atoms with Crippen molar-refractivity contribution < 1.29 is 4.42 Å². The first-order chi connectivity index (χ1) is 11.9. The lowest BCUT2D eigenvalue weighted by Gasteiger charge is -2.31. The molecule has 0 aliphatic carbocycles. The van der Waals surface area contributed by atoms with Crippen molar-refractivity contribution in [2.24, 2.45) is 0 Å². The summed E-state index contributed by atoms with van der Waals surface area (Å²) < 4.78 is 5.93. The lowest BCUT2D eigenvalue weighted by atomic mass is 9.97. The molecule has 24 heavy (non-hydrogen) atoms. The minimum absolute atomic E-state index is 0.311. The third-order valence-electron chi connectivity index (χ3n) is 4.47. The van der Waals surface area contributed by atoms with Crippen LogP contribution in [-0.4, -0.2) is 33.2 Å². The van der Waals surface area contributed by atoms with Crippen molar-refractivity contribution in [3.8, 4) is 11.5 Å². The van der Waals surface area contributed by atoms with Gasteiger partial charge in [-0.25, -0.2) is 0 Å². The van der Waals surface area contributed by atoms with Gasteiger partial charge in [0.1, 0.15) is 0 Å². The van der Waals surface area contributed by atoms with Crippen LogP contribution < -0.4 is 0 Å². The number of rotatable bonds is 4. The highest BCUT2D eigenvalue weighted by Crippen LogP contribution is 2.28. The highest BCUT2D eigenvalue weighted by Gasteiger charge is 2.26. The fraction of sp³-hybridized carbons (Fsp3) is 0.316. The molecule has 0 radical (unpaired) electrons. The topological polar surface area (TPSA) is 55.1 Å². The lowest BCUT2D eigenvalue weighted by molar-refractivity contribution is 0.186. The molecule has 1 atom stereocenters. The Hall–Kier alpha value is -2.53. The Bertz CT molecular complexity index is 772. The zero-order valence-electron chi connectivity index (χ0n) is 13.5. The summed E-state index contributed by atoms with van der Waals surface area (Å²) in [6.07, 6.45) is 5.73. The second kappa shape index (κ2) is 6.93. The molecule has 1 saturated heterocycles. The summed E-state index contributed by atoms with van der Waals surface area (Å²) in [5, 5.41) is 8.50. The van der Waals surface area contributed by atoms with Crippen LogP contribution in [0.4, 0.5) is 0 Å². The van der Waals surface area contributed by atoms with E-state index in [4.69, 9.17) is 4.42 Å². The molecule has 0 amide bonds. The van der Waals surface area contributed by atoms with Crippen LogP contribution in [0, 0.1) is 0 Å². The minimum Gasteiger partial charge on any atom is -0.420 e. The molecular formula is C19H20N4O. The molecule has 0 bridgehead atoms. The molecule has 5 heteroatoms. The molecule has 3 heterocycles. The fourth-order valence-electron chi connectivity index (χ4n) is 3.25. The first kappa shape index (κ1) is 15.0. The number of hydrogen-bond acceptors (Lipinski definition) is 5. The zero-order valence-corrected chi connectivity index (χ0v) is 13.5. The molecule has 1 aromatic carbocycles. The summed E-state index contributed by atoms with van der Waals surface area (Å²) in [5.74, 6) is 1.64. The molecule has 1 aliphatic rings. The van der Waals surface area contributed by atoms with Crippen LogP contribution >= 0.6 is 0 Å². The van der Waals surface area contributed by atoms with Crippen LogP contribution in [0.25, 0.3) is 11.5 Å². The van der Waals surface area contributed by atoms with E-state index < -0.39 is 0 Å². The van der Waals surface area contributed by atoms with Crippen molar-refractivity contribution in [2.75, 3.05) is 13.1 Å². The van der Waals surface area contributed by atoms with E-state index in [1.54, 1.807) is 12.4 Å². The van der Waals surface area contributed by atoms with Crippen molar-refractivity contribution in [3.05, 3.63) is 66.3 Å². The Morgan fingerprint density at radius 2 is 1.88 bits per heavy atom. The van der Waals surface area contributed by atoms with Crippen LogP contribution in [0.3, 0.4) is 0 Å². The molecule has 2 aromatic heterocycles. The van der Waals surface area contributed by atoms with E-state index in [9.17, 15) is 0 Å². The summed E-state index contributed by atoms with van der Waals surface area (Å²) in [5.41, 5.74) is 2.27. The first-order valence-corrected chi connectivity index (χ1v) is 8.38. The Balaban J connectivity index is 1.45. The van der Waals surface area contributed by atoms with Gasteiger partial charge in [-0.2, -0.15) is 0 Å². The summed E-state index contributed by atoms with van der Waals surface area (Å²) in [6.45, 7) is 3.06. The molecular weight excluding hydrogens is 300 g/mol. The summed E-state index contributed by atoms with van der Waals surface area (Å²) >= 11 is 0. The first-order valence-electron chi connectivity index (χ1n) is 8.38. The van der Waals surface area contributed by atoms with Gasteiger partial charge in [0, 0.05) is 31.0 Å². The predicted octanol–water partition coefficient (Wildman–Crippen LogP) is 3.51. The summed E-state index contributed by atoms with van der Waals surface area (Å²) in [4.78, 5) is 6.49. The monoisotopic (exact) mass is 320 g/mol. The minimum atomic E-state index is 0.311. The third kappa shape index (κ3) is 3.36. The predicted molar refractivity (Wildman–Crippen MR) is 91.2 cm³/mol. The van der Waals surface area contributed by atoms with E-state index in [0.29, 0.717) is 11.8 Å². The molecule has 0 spiro atoms. The molecule has 1 aliphatic heterocycles. The number of hydrogen-bond donors (Lipinski definition) is 0. The molecule has 5 nitrogen and oxygen atoms in total. The van der Waals surface area contributed by atoms with E-state index >= 15 is 0 Å². The fourth-order valence-corrected chi connectivity index (χ4v) is 3.25. The number of piperidine rings is 1. The Morgan fingerprint density at radius 1 is 1.04 bits per heavy atom. The van der Waals surface area contributed by atoms with Gasteiger partial charge in [0.15, 0.2) is 0 Å². The van der Waals surface area contributed by atoms with Gasteiger partial charge in [-0.3, -0.25) is 9.88 Å². The number of nitrogens with zero attached hydrogens (tertiary/aromatic N) is 4. The van der Waals surface area contributed by atoms with Gasteiger partial charge in [-0.05, 0) is 37.1 Å². The lowest BCUT2D eigenvalue weighted by Crippen LogP contribution is -2.34. The van der Waals surface area contributed by atoms with E-state index in [0.717, 1.165) is 43.9 Å². The van der Waals surface area contributed by atoms with Gasteiger partial charge in [-0.15, -0.1) is 10.2 Å². The van der Waals surface area contributed by atoms with Gasteiger partial charge < -0.3 is 4.42 Å². The van der Waals surface area contributed by atoms with Crippen molar-refractivity contribution >= 4 is 0 Å². The van der Waals surface area contributed by atoms with Crippen LogP contribution in [-0.2, 0) is 6.54 Å². The highest BCUT2D eigenvalue weighted by molar-refractivity contribution is 5.50. The molecule has 1 fully saturated rings. The van der Waals surface area contributed by atoms with Gasteiger partial charge >= 0.3 is 0 Å². The van der Waals surface area contributed by atoms with Gasteiger partial charge in [0.25, 0.3) is 0 Å². The maximum atomic E-state index is 5.93. The van der Waals surface area contributed by atoms with E-state index in [1.165, 1.54) is 5.56 Å². The molecule has 3 aromatic rings. The van der Waals surface area contributed by atoms with Crippen LogP contribution in [0.2, 0.25) is 0 Å². The van der Waals surface area contributed by atoms with Gasteiger partial charge in [0.05, 0.1) is 5.92 Å². The summed E-state index contributed by atoms with van der Waals surface area (Å²) in [7, 11) is 0. The summed E-state index contributed by atoms with van der Waals surface area (Å²) in [6, 6.07) is 14.4. The number of pyridine rings is 1. The van der Waals surface area contributed by atoms with Crippen molar-refractivity contribution in [2.45, 2.75) is 25.3 Å². The van der Waals surface area contributed by atoms with Crippen LogP contribution in [0.5, 0.6) is 0 Å². The SMILES string of the molecule is c1ccc(CN2CCC[C@H](c3nnc(-c4ccncc4)o3)C2)cc1. The van der Waals surface area contributed by atoms with Gasteiger partial charge in [0.2, 0.25) is 11.8 Å². The Kier molecular flexibility index (Phi) is 4.34. The second-order valence-corrected chi connectivity index (χ2v) is 6.24. The maximum Gasteiger partial charge on any atom is 0.247 e. The van der Waals surface area contributed by atoms with Crippen LogP contribution in [0.15, 0.2) is 59.3 Å². The quantitative estimate of drug-likeness (QED) is 0.736. The molecule has 122 valence electrons. The molecule has 0 saturated carbocycles. The Morgan fingerprint density at radius 3 is 2.71 bits per heavy atom. The van der Waals surface area contributed by atoms with Gasteiger partial charge in [-0.1, -0.05) is 30.3 Å². The standard InChI is InChI=1S/C19H20N4O/c1-2-5-15(6-3-1)13-23-12-4-7-17(14-23)19-22-21-18(24-19)16-8-10-20-11-9-16/h1-3,5-6,8-11,17H,4,7,12-14H2/t17-/m0/s1. The number of benzene rings is 1. The zero-order chi connectivity index (χ0) is 16.2. The average Bonchev–Trinajstić information content (AvgIpc) is 3.14. The number of likely N-dealkylation sites (tertiary alicyclic amines) is 1. The van der Waals surface area contributed by atoms with E-state index in [-0.39, 0.29) is 0 Å². The Labute approximate surface area is 141 Å². The number of aromatic nitrogens is 3. The van der Waals surface area contributed by atoms with E-state index in [2.05, 4.69) is 50.4 Å². The average molecular weight is 320 g/mol. The van der Waals surface area contributed by atoms with Crippen molar-refractivity contribution in [1.82, 2.24) is 20.1 Å². The highest BCUT2D eigenvalue weighted by atomic mass is 16.4. The van der Waals surface area contributed by atoms with E-state index in [1.807, 2.05) is 12.1 Å². The molecule has 0 N–H and O–H groups in total.